The molecule has 154 valence electrons. The van der Waals surface area contributed by atoms with Crippen molar-refractivity contribution in [3.8, 4) is 0 Å². The lowest BCUT2D eigenvalue weighted by atomic mass is 9.82. The summed E-state index contributed by atoms with van der Waals surface area (Å²) in [6.07, 6.45) is 0.875. The van der Waals surface area contributed by atoms with Crippen molar-refractivity contribution in [3.05, 3.63) is 35.1 Å². The van der Waals surface area contributed by atoms with Gasteiger partial charge in [-0.2, -0.15) is 0 Å². The van der Waals surface area contributed by atoms with E-state index < -0.39 is 35.0 Å². The van der Waals surface area contributed by atoms with Crippen LogP contribution in [0.1, 0.15) is 40.0 Å². The normalized spacial score (nSPS) is 39.3. The number of hydrogen-bond acceptors (Lipinski definition) is 8. The minimum absolute atomic E-state index is 0.0589. The number of rotatable bonds is 4. The van der Waals surface area contributed by atoms with Crippen LogP contribution in [0.15, 0.2) is 35.1 Å². The molecule has 1 fully saturated rings. The Morgan fingerprint density at radius 2 is 2.04 bits per heavy atom. The van der Waals surface area contributed by atoms with Crippen LogP contribution >= 0.6 is 0 Å². The quantitative estimate of drug-likeness (QED) is 0.542. The second-order valence-electron chi connectivity index (χ2n) is 8.07. The first-order valence-corrected chi connectivity index (χ1v) is 9.10. The molecule has 3 rings (SSSR count). The van der Waals surface area contributed by atoms with E-state index in [0.717, 1.165) is 0 Å². The maximum absolute atomic E-state index is 12.4. The van der Waals surface area contributed by atoms with Gasteiger partial charge in [-0.1, -0.05) is 6.58 Å². The smallest absolute Gasteiger partial charge is 0.342 e. The van der Waals surface area contributed by atoms with Crippen LogP contribution in [0.4, 0.5) is 0 Å². The maximum atomic E-state index is 12.4. The number of fused-ring (bicyclic) bond motifs is 3. The summed E-state index contributed by atoms with van der Waals surface area (Å²) in [6, 6.07) is 0. The summed E-state index contributed by atoms with van der Waals surface area (Å²) >= 11 is 0. The first-order valence-electron chi connectivity index (χ1n) is 9.10. The van der Waals surface area contributed by atoms with Gasteiger partial charge in [-0.15, -0.1) is 0 Å². The van der Waals surface area contributed by atoms with Gasteiger partial charge in [0.25, 0.3) is 0 Å². The average Bonchev–Trinajstić information content (AvgIpc) is 3.05. The van der Waals surface area contributed by atoms with Gasteiger partial charge in [-0.05, 0) is 33.3 Å². The standard InChI is InChI=1S/C20H26O8/c1-11(2)16(21)26-14-9-19(4,23)20(24)7-6-18(3,28-20)8-13-15(14)12(10-25-5)17(22)27-13/h8,14,23-24H,1,6-7,9-10H2,2-5H3/b13-8+/t14-,18-,19+,20-/m0/s1. The molecule has 0 unspecified atom stereocenters. The van der Waals surface area contributed by atoms with Gasteiger partial charge in [-0.25, -0.2) is 9.59 Å². The molecule has 0 aromatic rings. The van der Waals surface area contributed by atoms with Crippen LogP contribution in [-0.4, -0.2) is 59.0 Å². The van der Waals surface area contributed by atoms with E-state index in [-0.39, 0.29) is 36.4 Å². The Morgan fingerprint density at radius 3 is 2.64 bits per heavy atom. The van der Waals surface area contributed by atoms with Gasteiger partial charge in [0.2, 0.25) is 0 Å². The molecule has 3 heterocycles. The molecule has 2 bridgehead atoms. The molecule has 0 amide bonds. The Morgan fingerprint density at radius 1 is 1.36 bits per heavy atom. The Labute approximate surface area is 163 Å². The topological polar surface area (TPSA) is 112 Å². The molecule has 0 radical (unpaired) electrons. The summed E-state index contributed by atoms with van der Waals surface area (Å²) in [5.74, 6) is -2.97. The first-order chi connectivity index (χ1) is 12.9. The fourth-order valence-corrected chi connectivity index (χ4v) is 3.83. The summed E-state index contributed by atoms with van der Waals surface area (Å²) < 4.78 is 21.9. The highest BCUT2D eigenvalue weighted by Gasteiger charge is 2.58. The van der Waals surface area contributed by atoms with Gasteiger partial charge in [0.05, 0.1) is 17.8 Å². The number of carbonyl (C=O) groups is 2. The predicted octanol–water partition coefficient (Wildman–Crippen LogP) is 1.27. The highest BCUT2D eigenvalue weighted by atomic mass is 16.7. The van der Waals surface area contributed by atoms with Crippen molar-refractivity contribution in [1.29, 1.82) is 0 Å². The van der Waals surface area contributed by atoms with E-state index in [4.69, 9.17) is 18.9 Å². The van der Waals surface area contributed by atoms with Crippen LogP contribution < -0.4 is 0 Å². The molecule has 3 aliphatic rings. The second-order valence-corrected chi connectivity index (χ2v) is 8.07. The lowest BCUT2D eigenvalue weighted by Crippen LogP contribution is -2.54. The van der Waals surface area contributed by atoms with Crippen LogP contribution in [0.5, 0.6) is 0 Å². The molecular weight excluding hydrogens is 368 g/mol. The summed E-state index contributed by atoms with van der Waals surface area (Å²) in [4.78, 5) is 24.7. The van der Waals surface area contributed by atoms with Crippen LogP contribution in [-0.2, 0) is 28.5 Å². The van der Waals surface area contributed by atoms with Crippen molar-refractivity contribution in [2.75, 3.05) is 13.7 Å². The number of carbonyl (C=O) groups excluding carboxylic acids is 2. The van der Waals surface area contributed by atoms with E-state index >= 15 is 0 Å². The third-order valence-electron chi connectivity index (χ3n) is 5.47. The molecular formula is C20H26O8. The SMILES string of the molecule is C=C(C)C(=O)O[C@H]1C[C@@](C)(O)[C@]2(O)CC[C@@](C)(/C=C3/OC(=O)C(COC)=C31)O2. The molecule has 4 atom stereocenters. The van der Waals surface area contributed by atoms with Crippen LogP contribution in [0.3, 0.4) is 0 Å². The minimum Gasteiger partial charge on any atom is -0.454 e. The Bertz CT molecular complexity index is 792. The minimum atomic E-state index is -1.85. The molecule has 1 saturated heterocycles. The summed E-state index contributed by atoms with van der Waals surface area (Å²) in [5.41, 5.74) is -2.09. The number of hydrogen-bond donors (Lipinski definition) is 2. The van der Waals surface area contributed by atoms with Crippen LogP contribution in [0, 0.1) is 0 Å². The highest BCUT2D eigenvalue weighted by Crippen LogP contribution is 2.49. The molecule has 0 aromatic heterocycles. The van der Waals surface area contributed by atoms with Gasteiger partial charge in [0.15, 0.2) is 5.79 Å². The highest BCUT2D eigenvalue weighted by molar-refractivity contribution is 5.95. The maximum Gasteiger partial charge on any atom is 0.342 e. The lowest BCUT2D eigenvalue weighted by Gasteiger charge is -2.40. The summed E-state index contributed by atoms with van der Waals surface area (Å²) in [7, 11) is 1.43. The number of esters is 2. The molecule has 8 heteroatoms. The molecule has 28 heavy (non-hydrogen) atoms. The van der Waals surface area contributed by atoms with Crippen LogP contribution in [0.2, 0.25) is 0 Å². The van der Waals surface area contributed by atoms with Gasteiger partial charge < -0.3 is 29.2 Å². The van der Waals surface area contributed by atoms with E-state index in [1.165, 1.54) is 21.0 Å². The van der Waals surface area contributed by atoms with Gasteiger partial charge in [-0.3, -0.25) is 0 Å². The summed E-state index contributed by atoms with van der Waals surface area (Å²) in [5, 5.41) is 22.1. The van der Waals surface area contributed by atoms with Gasteiger partial charge in [0.1, 0.15) is 17.5 Å². The number of methoxy groups -OCH3 is 1. The van der Waals surface area contributed by atoms with E-state index in [0.29, 0.717) is 12.0 Å². The molecule has 0 saturated carbocycles. The molecule has 3 aliphatic heterocycles. The zero-order valence-electron chi connectivity index (χ0n) is 16.5. The number of aliphatic hydroxyl groups is 2. The lowest BCUT2D eigenvalue weighted by molar-refractivity contribution is -0.298. The van der Waals surface area contributed by atoms with Crippen molar-refractivity contribution < 1.29 is 38.7 Å². The zero-order valence-corrected chi connectivity index (χ0v) is 16.5. The van der Waals surface area contributed by atoms with Crippen molar-refractivity contribution >= 4 is 11.9 Å². The second kappa shape index (κ2) is 6.81. The largest absolute Gasteiger partial charge is 0.454 e. The van der Waals surface area contributed by atoms with Crippen molar-refractivity contribution in [2.45, 2.75) is 63.1 Å². The third-order valence-corrected chi connectivity index (χ3v) is 5.47. The predicted molar refractivity (Wildman–Crippen MR) is 96.7 cm³/mol. The Kier molecular flexibility index (Phi) is 5.04. The van der Waals surface area contributed by atoms with E-state index in [2.05, 4.69) is 6.58 Å². The third kappa shape index (κ3) is 3.41. The van der Waals surface area contributed by atoms with E-state index in [9.17, 15) is 19.8 Å². The average molecular weight is 394 g/mol. The molecule has 8 nitrogen and oxygen atoms in total. The van der Waals surface area contributed by atoms with E-state index in [1.807, 2.05) is 0 Å². The Balaban J connectivity index is 2.18. The fraction of sp³-hybridized carbons (Fsp3) is 0.600. The monoisotopic (exact) mass is 394 g/mol. The van der Waals surface area contributed by atoms with Crippen molar-refractivity contribution in [2.24, 2.45) is 0 Å². The molecule has 0 spiro atoms. The van der Waals surface area contributed by atoms with Gasteiger partial charge >= 0.3 is 11.9 Å². The molecule has 2 N–H and O–H groups in total. The number of ether oxygens (including phenoxy) is 4. The molecule has 0 aromatic carbocycles. The first kappa shape index (κ1) is 20.7. The fourth-order valence-electron chi connectivity index (χ4n) is 3.83. The van der Waals surface area contributed by atoms with Crippen LogP contribution in [0.25, 0.3) is 0 Å². The Hall–Kier alpha value is -2.00. The van der Waals surface area contributed by atoms with Gasteiger partial charge in [0, 0.05) is 31.1 Å². The zero-order chi connectivity index (χ0) is 20.9. The molecule has 0 aliphatic carbocycles. The van der Waals surface area contributed by atoms with Crippen molar-refractivity contribution in [3.63, 3.8) is 0 Å². The van der Waals surface area contributed by atoms with E-state index in [1.54, 1.807) is 13.0 Å². The van der Waals surface area contributed by atoms with Crippen molar-refractivity contribution in [1.82, 2.24) is 0 Å². The summed E-state index contributed by atoms with van der Waals surface area (Å²) in [6.45, 7) is 8.15.